The topological polar surface area (TPSA) is 184 Å². The van der Waals surface area contributed by atoms with Crippen LogP contribution in [-0.4, -0.2) is 92.3 Å². The van der Waals surface area contributed by atoms with Gasteiger partial charge in [-0.15, -0.1) is 0 Å². The molecule has 0 radical (unpaired) electrons. The Balaban J connectivity index is 1.17. The number of amides is 4. The van der Waals surface area contributed by atoms with Gasteiger partial charge in [0, 0.05) is 23.3 Å². The zero-order valence-corrected chi connectivity index (χ0v) is 32.7. The molecule has 6 atom stereocenters. The Kier molecular flexibility index (Phi) is 9.28. The van der Waals surface area contributed by atoms with Gasteiger partial charge >= 0.3 is 12.3 Å². The monoisotopic (exact) mass is 817 g/mol. The van der Waals surface area contributed by atoms with E-state index in [1.54, 1.807) is 13.0 Å². The van der Waals surface area contributed by atoms with Gasteiger partial charge in [-0.2, -0.15) is 13.2 Å². The first-order valence-electron chi connectivity index (χ1n) is 19.6. The maximum Gasteiger partial charge on any atom is 0.437 e. The van der Waals surface area contributed by atoms with E-state index in [4.69, 9.17) is 9.47 Å². The number of pyridine rings is 1. The van der Waals surface area contributed by atoms with Gasteiger partial charge in [-0.1, -0.05) is 38.8 Å². The zero-order chi connectivity index (χ0) is 40.9. The highest BCUT2D eigenvalue weighted by atomic mass is 32.2. The smallest absolute Gasteiger partial charge is 0.437 e. The van der Waals surface area contributed by atoms with E-state index >= 15 is 0 Å². The Morgan fingerprint density at radius 1 is 1.11 bits per heavy atom. The van der Waals surface area contributed by atoms with Crippen molar-refractivity contribution in [3.05, 3.63) is 41.6 Å². The van der Waals surface area contributed by atoms with Crippen molar-refractivity contribution in [2.75, 3.05) is 6.54 Å². The first-order valence-corrected chi connectivity index (χ1v) is 21.0. The standard InChI is InChI=1S/C39H46F3N5O9S/c1-21(2)22(3)55-35(52)44-28-10-8-6-4-5-7-9-23-18-38(23,34(51)47-37(15-16-37)57(47,53)54)45-32(49)29-19-36(20-46(29)33(28)50)14-13-25-26-17-24(48)11-12-27(26)43-31(30(25)56-36)39(40,41)42/h7,9,11-12,17,21-23,28-29,48H,4-6,8,10,13-16,18-20H2,1-3H3,(H,44,52)(H,45,49)/b9-7-/t22-,23+,28-,29-,36+,38+,47?/m0/s1. The van der Waals surface area contributed by atoms with Crippen LogP contribution in [0.1, 0.15) is 96.2 Å². The van der Waals surface area contributed by atoms with Crippen LogP contribution in [0.5, 0.6) is 11.5 Å². The number of aromatic hydroxyl groups is 1. The summed E-state index contributed by atoms with van der Waals surface area (Å²) in [7, 11) is -3.85. The van der Waals surface area contributed by atoms with Crippen molar-refractivity contribution in [3.8, 4) is 11.5 Å². The summed E-state index contributed by atoms with van der Waals surface area (Å²) in [5.74, 6) is -3.53. The highest BCUT2D eigenvalue weighted by Gasteiger charge is 2.83. The molecule has 2 saturated heterocycles. The molecule has 2 saturated carbocycles. The average molecular weight is 818 g/mol. The summed E-state index contributed by atoms with van der Waals surface area (Å²) in [5, 5.41) is 16.0. The number of carbonyl (C=O) groups excluding carboxylic acids is 4. The number of hydrogen-bond acceptors (Lipinski definition) is 10. The number of nitrogens with zero attached hydrogens (tertiary/aromatic N) is 3. The predicted molar refractivity (Wildman–Crippen MR) is 197 cm³/mol. The zero-order valence-electron chi connectivity index (χ0n) is 31.9. The Hall–Kier alpha value is -4.61. The largest absolute Gasteiger partial charge is 0.508 e. The van der Waals surface area contributed by atoms with Crippen LogP contribution in [0.2, 0.25) is 0 Å². The van der Waals surface area contributed by atoms with E-state index in [9.17, 15) is 45.9 Å². The molecule has 4 amide bonds. The third kappa shape index (κ3) is 6.64. The average Bonchev–Trinajstić information content (AvgIpc) is 4.09. The lowest BCUT2D eigenvalue weighted by molar-refractivity contribution is -0.144. The lowest BCUT2D eigenvalue weighted by atomic mass is 9.87. The van der Waals surface area contributed by atoms with Gasteiger partial charge in [0.15, 0.2) is 16.3 Å². The van der Waals surface area contributed by atoms with Crippen molar-refractivity contribution >= 4 is 44.7 Å². The molecule has 18 heteroatoms. The molecule has 3 N–H and O–H groups in total. The highest BCUT2D eigenvalue weighted by molar-refractivity contribution is 7.98. The molecule has 2 spiro atoms. The molecular formula is C39H46F3N5O9S. The van der Waals surface area contributed by atoms with Gasteiger partial charge in [0.05, 0.1) is 12.1 Å². The summed E-state index contributed by atoms with van der Waals surface area (Å²) in [4.78, 5) is 60.4. The number of aromatic nitrogens is 1. The molecule has 308 valence electrons. The van der Waals surface area contributed by atoms with Gasteiger partial charge in [-0.25, -0.2) is 22.5 Å². The summed E-state index contributed by atoms with van der Waals surface area (Å²) in [5.41, 5.74) is -4.27. The third-order valence-electron chi connectivity index (χ3n) is 12.6. The number of rotatable bonds is 4. The van der Waals surface area contributed by atoms with Crippen molar-refractivity contribution in [2.45, 2.75) is 132 Å². The maximum atomic E-state index is 14.7. The molecule has 4 fully saturated rings. The molecule has 57 heavy (non-hydrogen) atoms. The summed E-state index contributed by atoms with van der Waals surface area (Å²) < 4.78 is 82.5. The molecule has 0 unspecified atom stereocenters. The number of halogens is 3. The van der Waals surface area contributed by atoms with Crippen LogP contribution in [0.3, 0.4) is 0 Å². The van der Waals surface area contributed by atoms with E-state index in [1.165, 1.54) is 23.1 Å². The fraction of sp³-hybridized carbons (Fsp3) is 0.615. The van der Waals surface area contributed by atoms with Crippen LogP contribution >= 0.6 is 0 Å². The van der Waals surface area contributed by atoms with Crippen LogP contribution in [-0.2, 0) is 41.7 Å². The van der Waals surface area contributed by atoms with Gasteiger partial charge in [0.1, 0.15) is 35.1 Å². The summed E-state index contributed by atoms with van der Waals surface area (Å²) in [6.07, 6.45) is 0.604. The molecule has 4 aliphatic heterocycles. The van der Waals surface area contributed by atoms with Gasteiger partial charge in [0.25, 0.3) is 15.9 Å². The number of allylic oxidation sites excluding steroid dienone is 1. The number of aryl methyl sites for hydroxylation is 1. The second kappa shape index (κ2) is 13.5. The SMILES string of the molecule is CC(C)[C@H](C)OC(=O)N[C@H]1CCCCC/C=C\[C@@H]2C[C@@]2(C(=O)N2C3(CC3)S2(=O)=O)NC(=O)[C@@H]2C[C@]3(CCc4c(c(C(F)(F)F)nc5ccc(O)cc45)O3)CN2C1=O. The van der Waals surface area contributed by atoms with Gasteiger partial charge in [0.2, 0.25) is 11.8 Å². The number of ether oxygens (including phenoxy) is 2. The maximum absolute atomic E-state index is 14.7. The van der Waals surface area contributed by atoms with Crippen molar-refractivity contribution in [2.24, 2.45) is 11.8 Å². The van der Waals surface area contributed by atoms with E-state index in [1.807, 2.05) is 19.9 Å². The van der Waals surface area contributed by atoms with Gasteiger partial charge < -0.3 is 30.1 Å². The minimum atomic E-state index is -4.95. The summed E-state index contributed by atoms with van der Waals surface area (Å²) in [6, 6.07) is 1.26. The van der Waals surface area contributed by atoms with Crippen LogP contribution in [0.15, 0.2) is 30.4 Å². The normalized spacial score (nSPS) is 31.2. The van der Waals surface area contributed by atoms with E-state index in [2.05, 4.69) is 15.6 Å². The number of fused-ring (bicyclic) bond motifs is 5. The molecular weight excluding hydrogens is 772 g/mol. The lowest BCUT2D eigenvalue weighted by Crippen LogP contribution is -2.57. The fourth-order valence-electron chi connectivity index (χ4n) is 8.76. The van der Waals surface area contributed by atoms with Gasteiger partial charge in [-0.05, 0) is 82.4 Å². The molecule has 0 bridgehead atoms. The van der Waals surface area contributed by atoms with Crippen molar-refractivity contribution in [1.82, 2.24) is 24.8 Å². The quantitative estimate of drug-likeness (QED) is 0.286. The van der Waals surface area contributed by atoms with Crippen LogP contribution in [0, 0.1) is 11.8 Å². The van der Waals surface area contributed by atoms with Crippen LogP contribution in [0.25, 0.3) is 10.9 Å². The van der Waals surface area contributed by atoms with E-state index in [0.29, 0.717) is 38.5 Å². The highest BCUT2D eigenvalue weighted by Crippen LogP contribution is 2.64. The molecule has 8 rings (SSSR count). The number of phenolic OH excluding ortho intramolecular Hbond substituents is 1. The van der Waals surface area contributed by atoms with E-state index < -0.39 is 91.6 Å². The predicted octanol–water partition coefficient (Wildman–Crippen LogP) is 4.82. The Morgan fingerprint density at radius 3 is 2.54 bits per heavy atom. The Bertz CT molecular complexity index is 2190. The number of carbonyl (C=O) groups is 4. The molecule has 2 aliphatic carbocycles. The molecule has 6 aliphatic rings. The lowest BCUT2D eigenvalue weighted by Gasteiger charge is -2.37. The van der Waals surface area contributed by atoms with Crippen LogP contribution in [0.4, 0.5) is 18.0 Å². The van der Waals surface area contributed by atoms with Gasteiger partial charge in [-0.3, -0.25) is 14.4 Å². The number of sulfonamides is 1. The molecule has 14 nitrogen and oxygen atoms in total. The second-order valence-electron chi connectivity index (χ2n) is 16.8. The Labute approximate surface area is 327 Å². The summed E-state index contributed by atoms with van der Waals surface area (Å²) in [6.45, 7) is 5.10. The number of alkyl carbamates (subject to hydrolysis) is 1. The molecule has 1 aromatic carbocycles. The minimum absolute atomic E-state index is 0.00375. The van der Waals surface area contributed by atoms with Crippen molar-refractivity contribution in [3.63, 3.8) is 0 Å². The first kappa shape index (κ1) is 39.2. The number of benzene rings is 1. The number of nitrogens with one attached hydrogen (secondary N) is 2. The molecule has 2 aromatic rings. The number of alkyl halides is 3. The fourth-order valence-corrected chi connectivity index (χ4v) is 10.9. The number of phenols is 1. The van der Waals surface area contributed by atoms with E-state index in [-0.39, 0.29) is 66.8 Å². The number of hydrogen-bond donors (Lipinski definition) is 3. The second-order valence-corrected chi connectivity index (χ2v) is 18.9. The molecule has 5 heterocycles. The third-order valence-corrected chi connectivity index (χ3v) is 15.0. The minimum Gasteiger partial charge on any atom is -0.508 e. The van der Waals surface area contributed by atoms with Crippen LogP contribution < -0.4 is 15.4 Å². The van der Waals surface area contributed by atoms with Crippen molar-refractivity contribution < 1.29 is 55.3 Å². The first-order chi connectivity index (χ1) is 26.8. The summed E-state index contributed by atoms with van der Waals surface area (Å²) >= 11 is 0. The van der Waals surface area contributed by atoms with E-state index in [0.717, 1.165) is 4.31 Å². The van der Waals surface area contributed by atoms with Crippen molar-refractivity contribution in [1.29, 1.82) is 0 Å². The Morgan fingerprint density at radius 2 is 1.86 bits per heavy atom. The molecule has 1 aromatic heterocycles.